The molecular formula is C17H16N2O3. The van der Waals surface area contributed by atoms with Crippen LogP contribution in [0.15, 0.2) is 53.6 Å². The van der Waals surface area contributed by atoms with E-state index in [0.717, 1.165) is 28.5 Å². The molecule has 0 saturated heterocycles. The Kier molecular flexibility index (Phi) is 3.78. The lowest BCUT2D eigenvalue weighted by molar-refractivity contribution is -0.116. The average Bonchev–Trinajstić information content (AvgIpc) is 2.97. The maximum absolute atomic E-state index is 12.2. The van der Waals surface area contributed by atoms with Crippen molar-refractivity contribution in [3.05, 3.63) is 54.1 Å². The largest absolute Gasteiger partial charge is 0.497 e. The van der Waals surface area contributed by atoms with Crippen LogP contribution in [0.3, 0.4) is 0 Å². The first-order chi connectivity index (χ1) is 10.7. The first-order valence-corrected chi connectivity index (χ1v) is 6.90. The third-order valence-electron chi connectivity index (χ3n) is 3.52. The number of hydrogen-bond donors (Lipinski definition) is 0. The van der Waals surface area contributed by atoms with Crippen LogP contribution in [0.1, 0.15) is 12.0 Å². The minimum absolute atomic E-state index is 0.0454. The van der Waals surface area contributed by atoms with Crippen LogP contribution in [-0.2, 0) is 4.79 Å². The van der Waals surface area contributed by atoms with Gasteiger partial charge in [0.25, 0.3) is 5.91 Å². The van der Waals surface area contributed by atoms with E-state index in [2.05, 4.69) is 5.10 Å². The van der Waals surface area contributed by atoms with Gasteiger partial charge in [0.15, 0.2) is 0 Å². The number of methoxy groups -OCH3 is 2. The highest BCUT2D eigenvalue weighted by molar-refractivity contribution is 6.19. The van der Waals surface area contributed by atoms with E-state index in [1.54, 1.807) is 14.2 Å². The number of carbonyl (C=O) groups excluding carboxylic acids is 1. The highest BCUT2D eigenvalue weighted by Gasteiger charge is 2.26. The van der Waals surface area contributed by atoms with E-state index < -0.39 is 0 Å². The van der Waals surface area contributed by atoms with E-state index in [1.165, 1.54) is 5.01 Å². The van der Waals surface area contributed by atoms with Crippen LogP contribution in [0.2, 0.25) is 0 Å². The number of carbonyl (C=O) groups is 1. The molecule has 0 unspecified atom stereocenters. The third-order valence-corrected chi connectivity index (χ3v) is 3.52. The van der Waals surface area contributed by atoms with Gasteiger partial charge >= 0.3 is 0 Å². The topological polar surface area (TPSA) is 51.1 Å². The van der Waals surface area contributed by atoms with Crippen molar-refractivity contribution in [1.29, 1.82) is 0 Å². The van der Waals surface area contributed by atoms with Gasteiger partial charge in [0.1, 0.15) is 11.5 Å². The minimum atomic E-state index is -0.0454. The van der Waals surface area contributed by atoms with Crippen LogP contribution < -0.4 is 14.5 Å². The molecule has 3 rings (SSSR count). The zero-order valence-corrected chi connectivity index (χ0v) is 12.4. The van der Waals surface area contributed by atoms with Gasteiger partial charge in [0, 0.05) is 0 Å². The van der Waals surface area contributed by atoms with Gasteiger partial charge in [0.05, 0.1) is 32.0 Å². The van der Waals surface area contributed by atoms with Gasteiger partial charge in [0.2, 0.25) is 0 Å². The average molecular weight is 296 g/mol. The van der Waals surface area contributed by atoms with Crippen molar-refractivity contribution in [2.75, 3.05) is 19.2 Å². The number of ether oxygens (including phenoxy) is 2. The molecule has 2 aromatic rings. The van der Waals surface area contributed by atoms with E-state index >= 15 is 0 Å². The Hall–Kier alpha value is -2.82. The van der Waals surface area contributed by atoms with Crippen LogP contribution in [0, 0.1) is 0 Å². The van der Waals surface area contributed by atoms with Crippen molar-refractivity contribution in [2.45, 2.75) is 6.42 Å². The smallest absolute Gasteiger partial charge is 0.253 e. The van der Waals surface area contributed by atoms with Crippen LogP contribution in [0.4, 0.5) is 5.69 Å². The van der Waals surface area contributed by atoms with E-state index in [-0.39, 0.29) is 5.91 Å². The molecule has 0 spiro atoms. The van der Waals surface area contributed by atoms with Crippen LogP contribution >= 0.6 is 0 Å². The monoisotopic (exact) mass is 296 g/mol. The molecule has 22 heavy (non-hydrogen) atoms. The van der Waals surface area contributed by atoms with Gasteiger partial charge in [-0.1, -0.05) is 0 Å². The summed E-state index contributed by atoms with van der Waals surface area (Å²) in [6.07, 6.45) is 0.290. The van der Waals surface area contributed by atoms with Crippen molar-refractivity contribution < 1.29 is 14.3 Å². The van der Waals surface area contributed by atoms with Crippen molar-refractivity contribution >= 4 is 17.3 Å². The quantitative estimate of drug-likeness (QED) is 0.871. The van der Waals surface area contributed by atoms with E-state index in [9.17, 15) is 4.79 Å². The predicted molar refractivity (Wildman–Crippen MR) is 84.6 cm³/mol. The molecule has 1 heterocycles. The zero-order valence-electron chi connectivity index (χ0n) is 12.4. The number of benzene rings is 2. The lowest BCUT2D eigenvalue weighted by Crippen LogP contribution is -2.19. The van der Waals surface area contributed by atoms with Gasteiger partial charge in [-0.3, -0.25) is 4.79 Å². The molecule has 1 aliphatic heterocycles. The maximum Gasteiger partial charge on any atom is 0.253 e. The van der Waals surface area contributed by atoms with E-state index in [0.29, 0.717) is 6.42 Å². The lowest BCUT2D eigenvalue weighted by Gasteiger charge is -2.11. The maximum atomic E-state index is 12.2. The molecule has 2 aromatic carbocycles. The zero-order chi connectivity index (χ0) is 15.5. The highest BCUT2D eigenvalue weighted by atomic mass is 16.5. The summed E-state index contributed by atoms with van der Waals surface area (Å²) in [5.74, 6) is 1.48. The summed E-state index contributed by atoms with van der Waals surface area (Å²) in [5, 5.41) is 5.87. The summed E-state index contributed by atoms with van der Waals surface area (Å²) in [6, 6.07) is 14.8. The Balaban J connectivity index is 1.86. The molecule has 0 saturated carbocycles. The normalized spacial score (nSPS) is 14.0. The van der Waals surface area contributed by atoms with Crippen LogP contribution in [0.5, 0.6) is 11.5 Å². The summed E-state index contributed by atoms with van der Waals surface area (Å²) in [7, 11) is 3.23. The molecule has 112 valence electrons. The minimum Gasteiger partial charge on any atom is -0.497 e. The first-order valence-electron chi connectivity index (χ1n) is 6.90. The predicted octanol–water partition coefficient (Wildman–Crippen LogP) is 2.84. The molecule has 0 bridgehead atoms. The number of anilines is 1. The number of hydrogen-bond acceptors (Lipinski definition) is 4. The van der Waals surface area contributed by atoms with Gasteiger partial charge in [-0.05, 0) is 54.1 Å². The summed E-state index contributed by atoms with van der Waals surface area (Å²) in [4.78, 5) is 12.2. The number of amides is 1. The fourth-order valence-corrected chi connectivity index (χ4v) is 2.30. The summed E-state index contributed by atoms with van der Waals surface area (Å²) < 4.78 is 10.3. The number of rotatable bonds is 4. The second-order valence-electron chi connectivity index (χ2n) is 4.86. The molecule has 1 amide bonds. The summed E-state index contributed by atoms with van der Waals surface area (Å²) in [5.41, 5.74) is 2.41. The van der Waals surface area contributed by atoms with Gasteiger partial charge in [-0.2, -0.15) is 5.10 Å². The molecule has 0 aliphatic carbocycles. The third kappa shape index (κ3) is 2.65. The molecule has 0 atom stereocenters. The van der Waals surface area contributed by atoms with Crippen molar-refractivity contribution in [1.82, 2.24) is 0 Å². The molecule has 1 aliphatic rings. The first kappa shape index (κ1) is 14.1. The Morgan fingerprint density at radius 3 is 2.00 bits per heavy atom. The Morgan fingerprint density at radius 2 is 1.45 bits per heavy atom. The SMILES string of the molecule is COc1ccc(C2=NN(c3ccc(OC)cc3)C(=O)C2)cc1. The highest BCUT2D eigenvalue weighted by Crippen LogP contribution is 2.25. The molecule has 5 heteroatoms. The summed E-state index contributed by atoms with van der Waals surface area (Å²) >= 11 is 0. The van der Waals surface area contributed by atoms with Crippen molar-refractivity contribution in [2.24, 2.45) is 5.10 Å². The second kappa shape index (κ2) is 5.89. The molecule has 0 radical (unpaired) electrons. The molecule has 0 N–H and O–H groups in total. The Morgan fingerprint density at radius 1 is 0.909 bits per heavy atom. The number of hydrazone groups is 1. The second-order valence-corrected chi connectivity index (χ2v) is 4.86. The fourth-order valence-electron chi connectivity index (χ4n) is 2.30. The molecule has 0 fully saturated rings. The standard InChI is InChI=1S/C17H16N2O3/c1-21-14-7-3-12(4-8-14)16-11-17(20)19(18-16)13-5-9-15(22-2)10-6-13/h3-10H,11H2,1-2H3. The molecule has 5 nitrogen and oxygen atoms in total. The van der Waals surface area contributed by atoms with Gasteiger partial charge in [-0.15, -0.1) is 0 Å². The van der Waals surface area contributed by atoms with Crippen LogP contribution in [0.25, 0.3) is 0 Å². The van der Waals surface area contributed by atoms with Crippen LogP contribution in [-0.4, -0.2) is 25.8 Å². The summed E-state index contributed by atoms with van der Waals surface area (Å²) in [6.45, 7) is 0. The lowest BCUT2D eigenvalue weighted by atomic mass is 10.1. The Bertz CT molecular complexity index is 706. The Labute approximate surface area is 128 Å². The van der Waals surface area contributed by atoms with Gasteiger partial charge < -0.3 is 9.47 Å². The molecular weight excluding hydrogens is 280 g/mol. The van der Waals surface area contributed by atoms with E-state index in [4.69, 9.17) is 9.47 Å². The van der Waals surface area contributed by atoms with Crippen molar-refractivity contribution in [3.8, 4) is 11.5 Å². The van der Waals surface area contributed by atoms with Crippen molar-refractivity contribution in [3.63, 3.8) is 0 Å². The number of nitrogens with zero attached hydrogens (tertiary/aromatic N) is 2. The fraction of sp³-hybridized carbons (Fsp3) is 0.176. The van der Waals surface area contributed by atoms with Gasteiger partial charge in [-0.25, -0.2) is 5.01 Å². The van der Waals surface area contributed by atoms with E-state index in [1.807, 2.05) is 48.5 Å². The molecule has 0 aromatic heterocycles.